The molecule has 0 aromatic carbocycles. The summed E-state index contributed by atoms with van der Waals surface area (Å²) in [5.41, 5.74) is 0.0414. The Balaban J connectivity index is 2.32. The Bertz CT molecular complexity index is 488. The minimum absolute atomic E-state index is 0.00523. The smallest absolute Gasteiger partial charge is 0.289 e. The van der Waals surface area contributed by atoms with Crippen molar-refractivity contribution >= 4 is 11.5 Å². The molecule has 6 nitrogen and oxygen atoms in total. The van der Waals surface area contributed by atoms with Crippen molar-refractivity contribution in [3.05, 3.63) is 27.9 Å². The van der Waals surface area contributed by atoms with Gasteiger partial charge in [-0.15, -0.1) is 0 Å². The second kappa shape index (κ2) is 3.45. The Morgan fingerprint density at radius 3 is 2.88 bits per heavy atom. The first-order valence-corrected chi connectivity index (χ1v) is 4.87. The lowest BCUT2D eigenvalue weighted by atomic mass is 10.2. The van der Waals surface area contributed by atoms with Gasteiger partial charge in [0.2, 0.25) is 0 Å². The predicted molar refractivity (Wildman–Crippen MR) is 56.9 cm³/mol. The van der Waals surface area contributed by atoms with Crippen molar-refractivity contribution in [2.45, 2.75) is 25.3 Å². The molecule has 0 saturated heterocycles. The summed E-state index contributed by atoms with van der Waals surface area (Å²) in [5.74, 6) is 0.424. The zero-order valence-corrected chi connectivity index (χ0v) is 8.73. The minimum Gasteiger partial charge on any atom is -0.364 e. The summed E-state index contributed by atoms with van der Waals surface area (Å²) < 4.78 is 0. The zero-order valence-electron chi connectivity index (χ0n) is 8.73. The maximum absolute atomic E-state index is 10.5. The van der Waals surface area contributed by atoms with Gasteiger partial charge in [-0.1, -0.05) is 0 Å². The van der Waals surface area contributed by atoms with Crippen molar-refractivity contribution in [2.75, 3.05) is 5.32 Å². The largest absolute Gasteiger partial charge is 0.364 e. The molecule has 1 N–H and O–H groups in total. The number of rotatable bonds is 3. The van der Waals surface area contributed by atoms with Crippen LogP contribution in [0.15, 0.2) is 12.3 Å². The topological polar surface area (TPSA) is 91.8 Å². The van der Waals surface area contributed by atoms with Crippen LogP contribution in [0.4, 0.5) is 11.5 Å². The van der Waals surface area contributed by atoms with Crippen molar-refractivity contribution in [3.8, 4) is 6.07 Å². The van der Waals surface area contributed by atoms with Crippen LogP contribution in [0.2, 0.25) is 0 Å². The molecule has 1 saturated carbocycles. The standard InChI is InChI=1S/C10H10N4O2/c1-10(2-3-10)13-9-7(5-11)4-8(6-12-9)14(15)16/h4,6H,2-3H2,1H3,(H,12,13). The Hall–Kier alpha value is -2.16. The van der Waals surface area contributed by atoms with E-state index in [-0.39, 0.29) is 16.8 Å². The van der Waals surface area contributed by atoms with Gasteiger partial charge in [-0.3, -0.25) is 10.1 Å². The monoisotopic (exact) mass is 218 g/mol. The quantitative estimate of drug-likeness (QED) is 0.617. The maximum Gasteiger partial charge on any atom is 0.289 e. The van der Waals surface area contributed by atoms with Gasteiger partial charge in [-0.25, -0.2) is 4.98 Å². The summed E-state index contributed by atoms with van der Waals surface area (Å²) in [4.78, 5) is 13.9. The van der Waals surface area contributed by atoms with E-state index in [1.165, 1.54) is 6.07 Å². The minimum atomic E-state index is -0.559. The molecule has 2 rings (SSSR count). The van der Waals surface area contributed by atoms with Crippen molar-refractivity contribution in [3.63, 3.8) is 0 Å². The number of pyridine rings is 1. The molecule has 1 aromatic rings. The van der Waals surface area contributed by atoms with Gasteiger partial charge < -0.3 is 5.32 Å². The maximum atomic E-state index is 10.5. The Kier molecular flexibility index (Phi) is 2.23. The van der Waals surface area contributed by atoms with Gasteiger partial charge in [0, 0.05) is 11.6 Å². The van der Waals surface area contributed by atoms with E-state index >= 15 is 0 Å². The number of aromatic nitrogens is 1. The molecule has 0 bridgehead atoms. The molecule has 1 aliphatic carbocycles. The van der Waals surface area contributed by atoms with Crippen LogP contribution < -0.4 is 5.32 Å². The highest BCUT2D eigenvalue weighted by atomic mass is 16.6. The second-order valence-corrected chi connectivity index (χ2v) is 4.14. The molecule has 1 aliphatic rings. The summed E-state index contributed by atoms with van der Waals surface area (Å²) in [6.45, 7) is 2.03. The highest BCUT2D eigenvalue weighted by molar-refractivity contribution is 5.57. The molecular formula is C10H10N4O2. The Morgan fingerprint density at radius 2 is 2.38 bits per heavy atom. The Morgan fingerprint density at radius 1 is 1.69 bits per heavy atom. The number of nitrogens with zero attached hydrogens (tertiary/aromatic N) is 3. The fourth-order valence-corrected chi connectivity index (χ4v) is 1.34. The first kappa shape index (κ1) is 10.4. The molecule has 0 atom stereocenters. The average Bonchev–Trinajstić information content (AvgIpc) is 2.96. The molecule has 1 aromatic heterocycles. The molecule has 0 aliphatic heterocycles. The lowest BCUT2D eigenvalue weighted by molar-refractivity contribution is -0.385. The van der Waals surface area contributed by atoms with E-state index in [4.69, 9.17) is 5.26 Å². The van der Waals surface area contributed by atoms with Gasteiger partial charge in [0.05, 0.1) is 4.92 Å². The third kappa shape index (κ3) is 1.93. The summed E-state index contributed by atoms with van der Waals surface area (Å²) in [7, 11) is 0. The lowest BCUT2D eigenvalue weighted by Gasteiger charge is -2.12. The molecule has 1 heterocycles. The van der Waals surface area contributed by atoms with Crippen LogP contribution in [0.5, 0.6) is 0 Å². The molecule has 0 radical (unpaired) electrons. The van der Waals surface area contributed by atoms with Crippen LogP contribution in [0.3, 0.4) is 0 Å². The molecule has 6 heteroatoms. The lowest BCUT2D eigenvalue weighted by Crippen LogP contribution is -2.17. The molecule has 0 spiro atoms. The zero-order chi connectivity index (χ0) is 11.8. The second-order valence-electron chi connectivity index (χ2n) is 4.14. The van der Waals surface area contributed by atoms with Crippen LogP contribution >= 0.6 is 0 Å². The average molecular weight is 218 g/mol. The Labute approximate surface area is 92.1 Å². The van der Waals surface area contributed by atoms with Crippen LogP contribution in [-0.4, -0.2) is 15.4 Å². The number of anilines is 1. The predicted octanol–water partition coefficient (Wildman–Crippen LogP) is 1.83. The van der Waals surface area contributed by atoms with Crippen molar-refractivity contribution in [2.24, 2.45) is 0 Å². The molecule has 0 amide bonds. The van der Waals surface area contributed by atoms with E-state index in [1.807, 2.05) is 13.0 Å². The van der Waals surface area contributed by atoms with Gasteiger partial charge in [0.15, 0.2) is 0 Å². The van der Waals surface area contributed by atoms with E-state index in [9.17, 15) is 10.1 Å². The molecule has 82 valence electrons. The fourth-order valence-electron chi connectivity index (χ4n) is 1.34. The molecular weight excluding hydrogens is 208 g/mol. The number of nitrogens with one attached hydrogen (secondary N) is 1. The number of nitro groups is 1. The van der Waals surface area contributed by atoms with E-state index in [1.54, 1.807) is 0 Å². The highest BCUT2D eigenvalue weighted by Crippen LogP contribution is 2.38. The number of hydrogen-bond donors (Lipinski definition) is 1. The van der Waals surface area contributed by atoms with Crippen molar-refractivity contribution in [1.29, 1.82) is 5.26 Å². The fraction of sp³-hybridized carbons (Fsp3) is 0.400. The van der Waals surface area contributed by atoms with Gasteiger partial charge >= 0.3 is 0 Å². The first-order valence-electron chi connectivity index (χ1n) is 4.87. The summed E-state index contributed by atoms with van der Waals surface area (Å²) in [6.07, 6.45) is 3.21. The highest BCUT2D eigenvalue weighted by Gasteiger charge is 2.38. The summed E-state index contributed by atoms with van der Waals surface area (Å²) in [6, 6.07) is 3.15. The molecule has 0 unspecified atom stereocenters. The van der Waals surface area contributed by atoms with Gasteiger partial charge in [0.25, 0.3) is 5.69 Å². The first-order chi connectivity index (χ1) is 7.54. The van der Waals surface area contributed by atoms with E-state index < -0.39 is 4.92 Å². The molecule has 16 heavy (non-hydrogen) atoms. The third-order valence-corrected chi connectivity index (χ3v) is 2.62. The van der Waals surface area contributed by atoms with Crippen LogP contribution in [-0.2, 0) is 0 Å². The number of hydrogen-bond acceptors (Lipinski definition) is 5. The van der Waals surface area contributed by atoms with Gasteiger partial charge in [0.1, 0.15) is 23.6 Å². The van der Waals surface area contributed by atoms with E-state index in [0.29, 0.717) is 5.82 Å². The van der Waals surface area contributed by atoms with Crippen LogP contribution in [0, 0.1) is 21.4 Å². The SMILES string of the molecule is CC1(Nc2ncc([N+](=O)[O-])cc2C#N)CC1. The number of nitriles is 1. The van der Waals surface area contributed by atoms with Crippen molar-refractivity contribution < 1.29 is 4.92 Å². The van der Waals surface area contributed by atoms with Crippen molar-refractivity contribution in [1.82, 2.24) is 4.98 Å². The summed E-state index contributed by atoms with van der Waals surface area (Å²) in [5, 5.41) is 22.5. The van der Waals surface area contributed by atoms with Gasteiger partial charge in [-0.2, -0.15) is 5.26 Å². The normalized spacial score (nSPS) is 16.2. The summed E-state index contributed by atoms with van der Waals surface area (Å²) >= 11 is 0. The van der Waals surface area contributed by atoms with Gasteiger partial charge in [-0.05, 0) is 19.8 Å². The van der Waals surface area contributed by atoms with E-state index in [0.717, 1.165) is 19.0 Å². The van der Waals surface area contributed by atoms with Crippen LogP contribution in [0.25, 0.3) is 0 Å². The third-order valence-electron chi connectivity index (χ3n) is 2.62. The molecule has 1 fully saturated rings. The van der Waals surface area contributed by atoms with Crippen LogP contribution in [0.1, 0.15) is 25.3 Å². The van der Waals surface area contributed by atoms with E-state index in [2.05, 4.69) is 10.3 Å².